The summed E-state index contributed by atoms with van der Waals surface area (Å²) in [6.45, 7) is 2.04. The summed E-state index contributed by atoms with van der Waals surface area (Å²) in [6.07, 6.45) is -0.171. The zero-order chi connectivity index (χ0) is 18.3. The second kappa shape index (κ2) is 6.60. The first kappa shape index (κ1) is 16.8. The molecular weight excluding hydrogens is 439 g/mol. The topological polar surface area (TPSA) is 87.0 Å². The van der Waals surface area contributed by atoms with Crippen molar-refractivity contribution in [1.82, 2.24) is 9.97 Å². The van der Waals surface area contributed by atoms with E-state index in [0.717, 1.165) is 9.13 Å². The molecule has 4 rings (SSSR count). The summed E-state index contributed by atoms with van der Waals surface area (Å²) in [5.41, 5.74) is 13.6. The Morgan fingerprint density at radius 2 is 1.77 bits per heavy atom. The average Bonchev–Trinajstić information content (AvgIpc) is 2.61. The van der Waals surface area contributed by atoms with Crippen LogP contribution in [0, 0.1) is 3.57 Å². The monoisotopic (exact) mass is 456 g/mol. The first-order chi connectivity index (χ1) is 12.5. The molecule has 0 spiro atoms. The van der Waals surface area contributed by atoms with Gasteiger partial charge in [-0.1, -0.05) is 36.4 Å². The van der Waals surface area contributed by atoms with Crippen molar-refractivity contribution in [3.05, 3.63) is 63.7 Å². The lowest BCUT2D eigenvalue weighted by molar-refractivity contribution is 0.230. The number of nitrogens with two attached hydrogens (primary N) is 2. The van der Waals surface area contributed by atoms with E-state index in [2.05, 4.69) is 56.8 Å². The van der Waals surface area contributed by atoms with E-state index >= 15 is 0 Å². The maximum atomic E-state index is 6.32. The van der Waals surface area contributed by atoms with Crippen LogP contribution in [0.15, 0.2) is 54.6 Å². The summed E-state index contributed by atoms with van der Waals surface area (Å²) in [5.74, 6) is 1.13. The van der Waals surface area contributed by atoms with Gasteiger partial charge in [0, 0.05) is 9.13 Å². The molecule has 26 heavy (non-hydrogen) atoms. The molecule has 1 atom stereocenters. The van der Waals surface area contributed by atoms with Crippen LogP contribution in [0.1, 0.15) is 18.6 Å². The van der Waals surface area contributed by atoms with E-state index in [1.165, 1.54) is 10.8 Å². The van der Waals surface area contributed by atoms with Crippen LogP contribution in [0.25, 0.3) is 21.7 Å². The second-order valence-electron chi connectivity index (χ2n) is 6.06. The standard InChI is InChI=1S/C20H17IN4O/c1-11(17-13-6-3-2-5-12(13)9-10-14(17)21)26-16-8-4-7-15-18(16)19(22)25-20(23)24-15/h2-11H,1H3,(H4,22,23,24,25)/t11-/m0/s1. The first-order valence-electron chi connectivity index (χ1n) is 8.20. The molecule has 0 bridgehead atoms. The molecule has 3 aromatic carbocycles. The highest BCUT2D eigenvalue weighted by Gasteiger charge is 2.17. The van der Waals surface area contributed by atoms with E-state index in [0.29, 0.717) is 22.5 Å². The van der Waals surface area contributed by atoms with Gasteiger partial charge in [0.15, 0.2) is 0 Å². The molecule has 6 heteroatoms. The molecule has 0 aliphatic carbocycles. The lowest BCUT2D eigenvalue weighted by Crippen LogP contribution is -2.08. The van der Waals surface area contributed by atoms with Gasteiger partial charge in [0.05, 0.1) is 10.9 Å². The summed E-state index contributed by atoms with van der Waals surface area (Å²) in [4.78, 5) is 8.32. The fourth-order valence-corrected chi connectivity index (χ4v) is 4.14. The fraction of sp³-hybridized carbons (Fsp3) is 0.100. The molecule has 0 radical (unpaired) electrons. The Bertz CT molecular complexity index is 1130. The summed E-state index contributed by atoms with van der Waals surface area (Å²) in [7, 11) is 0. The number of anilines is 2. The molecule has 5 nitrogen and oxygen atoms in total. The SMILES string of the molecule is C[C@H](Oc1cccc2nc(N)nc(N)c12)c1c(I)ccc2ccccc12. The molecule has 0 aliphatic heterocycles. The van der Waals surface area contributed by atoms with Crippen molar-refractivity contribution < 1.29 is 4.74 Å². The number of fused-ring (bicyclic) bond motifs is 2. The molecule has 0 aliphatic rings. The fourth-order valence-electron chi connectivity index (χ4n) is 3.23. The van der Waals surface area contributed by atoms with Crippen molar-refractivity contribution in [2.24, 2.45) is 0 Å². The molecule has 1 aromatic heterocycles. The van der Waals surface area contributed by atoms with Gasteiger partial charge in [-0.05, 0) is 58.5 Å². The van der Waals surface area contributed by atoms with Gasteiger partial charge in [-0.2, -0.15) is 4.98 Å². The summed E-state index contributed by atoms with van der Waals surface area (Å²) in [6, 6.07) is 18.2. The van der Waals surface area contributed by atoms with Gasteiger partial charge in [-0.3, -0.25) is 0 Å². The minimum Gasteiger partial charge on any atom is -0.485 e. The zero-order valence-corrected chi connectivity index (χ0v) is 16.3. The molecular formula is C20H17IN4O. The average molecular weight is 456 g/mol. The Kier molecular flexibility index (Phi) is 4.28. The van der Waals surface area contributed by atoms with Crippen molar-refractivity contribution in [3.63, 3.8) is 0 Å². The highest BCUT2D eigenvalue weighted by atomic mass is 127. The van der Waals surface area contributed by atoms with Gasteiger partial charge < -0.3 is 16.2 Å². The Balaban J connectivity index is 1.82. The van der Waals surface area contributed by atoms with Crippen LogP contribution in [-0.4, -0.2) is 9.97 Å². The van der Waals surface area contributed by atoms with Crippen molar-refractivity contribution in [2.75, 3.05) is 11.5 Å². The van der Waals surface area contributed by atoms with Gasteiger partial charge in [-0.15, -0.1) is 0 Å². The molecule has 0 saturated heterocycles. The van der Waals surface area contributed by atoms with Crippen molar-refractivity contribution >= 4 is 56.0 Å². The summed E-state index contributed by atoms with van der Waals surface area (Å²) >= 11 is 2.35. The molecule has 0 saturated carbocycles. The van der Waals surface area contributed by atoms with Crippen molar-refractivity contribution in [1.29, 1.82) is 0 Å². The molecule has 130 valence electrons. The molecule has 4 aromatic rings. The summed E-state index contributed by atoms with van der Waals surface area (Å²) in [5, 5.41) is 3.05. The van der Waals surface area contributed by atoms with Gasteiger partial charge in [-0.25, -0.2) is 4.98 Å². The Morgan fingerprint density at radius 1 is 0.962 bits per heavy atom. The third kappa shape index (κ3) is 2.90. The van der Waals surface area contributed by atoms with Crippen molar-refractivity contribution in [2.45, 2.75) is 13.0 Å². The molecule has 4 N–H and O–H groups in total. The Morgan fingerprint density at radius 3 is 2.62 bits per heavy atom. The van der Waals surface area contributed by atoms with Crippen LogP contribution < -0.4 is 16.2 Å². The predicted molar refractivity (Wildman–Crippen MR) is 114 cm³/mol. The van der Waals surface area contributed by atoms with E-state index in [1.807, 2.05) is 37.3 Å². The van der Waals surface area contributed by atoms with Crippen LogP contribution >= 0.6 is 22.6 Å². The minimum absolute atomic E-state index is 0.156. The van der Waals surface area contributed by atoms with Crippen LogP contribution in [-0.2, 0) is 0 Å². The third-order valence-corrected chi connectivity index (χ3v) is 5.30. The van der Waals surface area contributed by atoms with E-state index in [9.17, 15) is 0 Å². The lowest BCUT2D eigenvalue weighted by Gasteiger charge is -2.20. The number of aromatic nitrogens is 2. The number of nitrogens with zero attached hydrogens (tertiary/aromatic N) is 2. The lowest BCUT2D eigenvalue weighted by atomic mass is 10.0. The summed E-state index contributed by atoms with van der Waals surface area (Å²) < 4.78 is 7.47. The van der Waals surface area contributed by atoms with E-state index in [4.69, 9.17) is 16.2 Å². The smallest absolute Gasteiger partial charge is 0.222 e. The van der Waals surface area contributed by atoms with Crippen LogP contribution in [0.4, 0.5) is 11.8 Å². The Labute approximate surface area is 164 Å². The maximum absolute atomic E-state index is 6.32. The van der Waals surface area contributed by atoms with Gasteiger partial charge in [0.1, 0.15) is 17.7 Å². The number of hydrogen-bond donors (Lipinski definition) is 2. The number of hydrogen-bond acceptors (Lipinski definition) is 5. The number of rotatable bonds is 3. The molecule has 0 amide bonds. The van der Waals surface area contributed by atoms with Crippen LogP contribution in [0.5, 0.6) is 5.75 Å². The predicted octanol–water partition coefficient (Wildman–Crippen LogP) is 4.69. The highest BCUT2D eigenvalue weighted by Crippen LogP contribution is 2.35. The van der Waals surface area contributed by atoms with Crippen LogP contribution in [0.2, 0.25) is 0 Å². The zero-order valence-electron chi connectivity index (χ0n) is 14.1. The van der Waals surface area contributed by atoms with E-state index in [1.54, 1.807) is 0 Å². The van der Waals surface area contributed by atoms with E-state index < -0.39 is 0 Å². The minimum atomic E-state index is -0.171. The molecule has 0 fully saturated rings. The number of benzene rings is 3. The normalized spacial score (nSPS) is 12.4. The van der Waals surface area contributed by atoms with Crippen molar-refractivity contribution in [3.8, 4) is 5.75 Å². The first-order valence-corrected chi connectivity index (χ1v) is 9.28. The van der Waals surface area contributed by atoms with Crippen LogP contribution in [0.3, 0.4) is 0 Å². The van der Waals surface area contributed by atoms with Gasteiger partial charge in [0.2, 0.25) is 5.95 Å². The largest absolute Gasteiger partial charge is 0.485 e. The Hall–Kier alpha value is -2.61. The highest BCUT2D eigenvalue weighted by molar-refractivity contribution is 14.1. The van der Waals surface area contributed by atoms with E-state index in [-0.39, 0.29) is 12.1 Å². The van der Waals surface area contributed by atoms with Gasteiger partial charge >= 0.3 is 0 Å². The maximum Gasteiger partial charge on any atom is 0.222 e. The molecule has 1 heterocycles. The second-order valence-corrected chi connectivity index (χ2v) is 7.22. The van der Waals surface area contributed by atoms with Gasteiger partial charge in [0.25, 0.3) is 0 Å². The number of halogens is 1. The quantitative estimate of drug-likeness (QED) is 0.437. The number of nitrogen functional groups attached to an aromatic ring is 2. The third-order valence-electron chi connectivity index (χ3n) is 4.36. The number of ether oxygens (including phenoxy) is 1. The molecule has 0 unspecified atom stereocenters.